The summed E-state index contributed by atoms with van der Waals surface area (Å²) in [6, 6.07) is 8.20. The third-order valence-electron chi connectivity index (χ3n) is 5.58. The number of likely N-dealkylation sites (tertiary alicyclic amines) is 1. The first-order valence-electron chi connectivity index (χ1n) is 10.2. The second-order valence-electron chi connectivity index (χ2n) is 7.73. The van der Waals surface area contributed by atoms with Crippen LogP contribution in [0.15, 0.2) is 33.9 Å². The number of carbonyl (C=O) groups excluding carboxylic acids is 1. The molecule has 1 aliphatic rings. The Bertz CT molecular complexity index is 1170. The van der Waals surface area contributed by atoms with Crippen molar-refractivity contribution in [2.75, 3.05) is 13.1 Å². The van der Waals surface area contributed by atoms with Crippen molar-refractivity contribution in [3.8, 4) is 0 Å². The molecule has 9 nitrogen and oxygen atoms in total. The number of amides is 1. The number of hydrogen-bond donors (Lipinski definition) is 3. The van der Waals surface area contributed by atoms with Crippen molar-refractivity contribution in [2.45, 2.75) is 38.8 Å². The number of aromatic amines is 2. The minimum Gasteiger partial charge on any atom is -0.352 e. The minimum atomic E-state index is -0.518. The molecule has 0 spiro atoms. The molecule has 1 aliphatic heterocycles. The molecule has 3 N–H and O–H groups in total. The Labute approximate surface area is 173 Å². The lowest BCUT2D eigenvalue weighted by molar-refractivity contribution is -0.121. The Balaban J connectivity index is 1.35. The third-order valence-corrected chi connectivity index (χ3v) is 5.58. The van der Waals surface area contributed by atoms with Crippen LogP contribution < -0.4 is 16.6 Å². The molecule has 3 heterocycles. The van der Waals surface area contributed by atoms with Crippen molar-refractivity contribution in [1.29, 1.82) is 0 Å². The highest BCUT2D eigenvalue weighted by molar-refractivity contribution is 5.76. The van der Waals surface area contributed by atoms with Gasteiger partial charge in [-0.3, -0.25) is 24.0 Å². The summed E-state index contributed by atoms with van der Waals surface area (Å²) < 4.78 is 1.27. The molecule has 1 saturated heterocycles. The number of hydrogen-bond acceptors (Lipinski definition) is 5. The Morgan fingerprint density at radius 2 is 1.87 bits per heavy atom. The number of rotatable bonds is 7. The first-order chi connectivity index (χ1) is 14.5. The van der Waals surface area contributed by atoms with Gasteiger partial charge in [-0.1, -0.05) is 24.3 Å². The van der Waals surface area contributed by atoms with Gasteiger partial charge in [0.25, 0.3) is 5.56 Å². The van der Waals surface area contributed by atoms with E-state index in [0.717, 1.165) is 25.2 Å². The molecule has 1 amide bonds. The zero-order chi connectivity index (χ0) is 21.1. The number of imidazole rings is 1. The van der Waals surface area contributed by atoms with Crippen LogP contribution in [0.1, 0.15) is 36.2 Å². The van der Waals surface area contributed by atoms with Gasteiger partial charge in [-0.05, 0) is 37.1 Å². The Hall–Kier alpha value is -3.20. The first kappa shape index (κ1) is 20.1. The van der Waals surface area contributed by atoms with Crippen LogP contribution in [0.25, 0.3) is 11.2 Å². The summed E-state index contributed by atoms with van der Waals surface area (Å²) in [5.41, 5.74) is 1.88. The average molecular weight is 410 g/mol. The zero-order valence-corrected chi connectivity index (χ0v) is 17.0. The van der Waals surface area contributed by atoms with Crippen molar-refractivity contribution < 1.29 is 4.79 Å². The summed E-state index contributed by atoms with van der Waals surface area (Å²) in [4.78, 5) is 47.8. The standard InChI is InChI=1S/C21H26N6O3/c1-26-19-18(20(29)25-21(26)30)23-16(24-19)8-9-17(28)22-12-14-6-2-3-7-15(14)13-27-10-4-5-11-27/h2-3,6-7H,4-5,8-13H2,1H3,(H,22,28)(H,23,24)(H,25,29,30). The molecule has 3 aromatic rings. The summed E-state index contributed by atoms with van der Waals surface area (Å²) in [5, 5.41) is 2.98. The fourth-order valence-electron chi connectivity index (χ4n) is 3.85. The quantitative estimate of drug-likeness (QED) is 0.533. The van der Waals surface area contributed by atoms with E-state index < -0.39 is 11.2 Å². The van der Waals surface area contributed by atoms with Gasteiger partial charge in [-0.2, -0.15) is 0 Å². The van der Waals surface area contributed by atoms with E-state index in [-0.39, 0.29) is 23.5 Å². The monoisotopic (exact) mass is 410 g/mol. The number of H-pyrrole nitrogens is 2. The molecule has 0 saturated carbocycles. The summed E-state index contributed by atoms with van der Waals surface area (Å²) in [5.74, 6) is 0.413. The lowest BCUT2D eigenvalue weighted by atomic mass is 10.1. The number of nitrogens with one attached hydrogen (secondary N) is 3. The van der Waals surface area contributed by atoms with E-state index in [4.69, 9.17) is 0 Å². The van der Waals surface area contributed by atoms with E-state index in [2.05, 4.69) is 37.3 Å². The number of benzene rings is 1. The predicted octanol–water partition coefficient (Wildman–Crippen LogP) is 0.795. The van der Waals surface area contributed by atoms with E-state index in [9.17, 15) is 14.4 Å². The van der Waals surface area contributed by atoms with Crippen LogP contribution in [-0.4, -0.2) is 43.4 Å². The molecule has 30 heavy (non-hydrogen) atoms. The fourth-order valence-corrected chi connectivity index (χ4v) is 3.85. The molecule has 158 valence electrons. The highest BCUT2D eigenvalue weighted by Crippen LogP contribution is 2.16. The summed E-state index contributed by atoms with van der Waals surface area (Å²) in [6.45, 7) is 3.66. The zero-order valence-electron chi connectivity index (χ0n) is 17.0. The lowest BCUT2D eigenvalue weighted by Crippen LogP contribution is -2.28. The predicted molar refractivity (Wildman–Crippen MR) is 113 cm³/mol. The van der Waals surface area contributed by atoms with Gasteiger partial charge < -0.3 is 10.3 Å². The van der Waals surface area contributed by atoms with Crippen LogP contribution in [0.4, 0.5) is 0 Å². The number of fused-ring (bicyclic) bond motifs is 1. The molecule has 1 fully saturated rings. The van der Waals surface area contributed by atoms with E-state index in [1.807, 2.05) is 12.1 Å². The number of nitrogens with zero attached hydrogens (tertiary/aromatic N) is 3. The molecule has 1 aromatic carbocycles. The normalized spacial score (nSPS) is 14.4. The van der Waals surface area contributed by atoms with Crippen LogP contribution >= 0.6 is 0 Å². The molecule has 0 atom stereocenters. The molecule has 2 aromatic heterocycles. The maximum Gasteiger partial charge on any atom is 0.329 e. The Morgan fingerprint density at radius 1 is 1.13 bits per heavy atom. The van der Waals surface area contributed by atoms with Gasteiger partial charge in [-0.25, -0.2) is 9.78 Å². The third kappa shape index (κ3) is 4.35. The smallest absolute Gasteiger partial charge is 0.329 e. The SMILES string of the molecule is Cn1c(=O)[nH]c(=O)c2[nH]c(CCC(=O)NCc3ccccc3CN3CCCC3)nc21. The Kier molecular flexibility index (Phi) is 5.80. The highest BCUT2D eigenvalue weighted by atomic mass is 16.2. The maximum absolute atomic E-state index is 12.4. The summed E-state index contributed by atoms with van der Waals surface area (Å²) >= 11 is 0. The van der Waals surface area contributed by atoms with Gasteiger partial charge in [0.05, 0.1) is 0 Å². The van der Waals surface area contributed by atoms with Crippen molar-refractivity contribution >= 4 is 17.1 Å². The van der Waals surface area contributed by atoms with Crippen molar-refractivity contribution in [1.82, 2.24) is 29.7 Å². The van der Waals surface area contributed by atoms with Crippen LogP contribution in [0.3, 0.4) is 0 Å². The van der Waals surface area contributed by atoms with Crippen LogP contribution in [0.2, 0.25) is 0 Å². The van der Waals surface area contributed by atoms with E-state index >= 15 is 0 Å². The van der Waals surface area contributed by atoms with E-state index in [0.29, 0.717) is 18.8 Å². The van der Waals surface area contributed by atoms with Gasteiger partial charge in [0.1, 0.15) is 11.3 Å². The lowest BCUT2D eigenvalue weighted by Gasteiger charge is -2.17. The van der Waals surface area contributed by atoms with Gasteiger partial charge >= 0.3 is 5.69 Å². The molecule has 0 unspecified atom stereocenters. The van der Waals surface area contributed by atoms with Crippen LogP contribution in [-0.2, 0) is 31.4 Å². The first-order valence-corrected chi connectivity index (χ1v) is 10.2. The van der Waals surface area contributed by atoms with Gasteiger partial charge in [-0.15, -0.1) is 0 Å². The van der Waals surface area contributed by atoms with Crippen molar-refractivity contribution in [3.05, 3.63) is 62.1 Å². The van der Waals surface area contributed by atoms with Gasteiger partial charge in [0.2, 0.25) is 5.91 Å². The second-order valence-corrected chi connectivity index (χ2v) is 7.73. The van der Waals surface area contributed by atoms with E-state index in [1.54, 1.807) is 0 Å². The maximum atomic E-state index is 12.4. The summed E-state index contributed by atoms with van der Waals surface area (Å²) in [6.07, 6.45) is 3.09. The molecular formula is C21H26N6O3. The van der Waals surface area contributed by atoms with Gasteiger partial charge in [0.15, 0.2) is 5.65 Å². The molecule has 0 bridgehead atoms. The molecule has 0 aliphatic carbocycles. The van der Waals surface area contributed by atoms with Crippen molar-refractivity contribution in [2.24, 2.45) is 7.05 Å². The minimum absolute atomic E-state index is 0.0887. The van der Waals surface area contributed by atoms with Crippen molar-refractivity contribution in [3.63, 3.8) is 0 Å². The fraction of sp³-hybridized carbons (Fsp3) is 0.429. The molecular weight excluding hydrogens is 384 g/mol. The average Bonchev–Trinajstić information content (AvgIpc) is 3.40. The highest BCUT2D eigenvalue weighted by Gasteiger charge is 2.15. The molecule has 9 heteroatoms. The topological polar surface area (TPSA) is 116 Å². The van der Waals surface area contributed by atoms with Crippen LogP contribution in [0, 0.1) is 0 Å². The van der Waals surface area contributed by atoms with Gasteiger partial charge in [0, 0.05) is 33.0 Å². The second kappa shape index (κ2) is 8.66. The van der Waals surface area contributed by atoms with Crippen LogP contribution in [0.5, 0.6) is 0 Å². The number of aryl methyl sites for hydroxylation is 2. The molecule has 4 rings (SSSR count). The van der Waals surface area contributed by atoms with E-state index in [1.165, 1.54) is 30.0 Å². The summed E-state index contributed by atoms with van der Waals surface area (Å²) in [7, 11) is 1.54. The number of carbonyl (C=O) groups is 1. The molecule has 0 radical (unpaired) electrons. The number of aromatic nitrogens is 4. The Morgan fingerprint density at radius 3 is 2.63 bits per heavy atom. The largest absolute Gasteiger partial charge is 0.352 e.